The highest BCUT2D eigenvalue weighted by Crippen LogP contribution is 2.36. The van der Waals surface area contributed by atoms with E-state index in [1.165, 1.54) is 11.3 Å². The molecule has 0 aliphatic carbocycles. The number of hydrogen-bond donors (Lipinski definition) is 2. The van der Waals surface area contributed by atoms with Gasteiger partial charge in [-0.2, -0.15) is 0 Å². The van der Waals surface area contributed by atoms with Crippen LogP contribution in [-0.2, 0) is 5.79 Å². The molecule has 2 N–H and O–H groups in total. The topological polar surface area (TPSA) is 54.6 Å². The van der Waals surface area contributed by atoms with Gasteiger partial charge in [-0.25, -0.2) is 0 Å². The maximum absolute atomic E-state index is 11.1. The molecule has 22 heavy (non-hydrogen) atoms. The first-order valence-corrected chi connectivity index (χ1v) is 8.03. The highest BCUT2D eigenvalue weighted by atomic mass is 32.1. The van der Waals surface area contributed by atoms with E-state index in [4.69, 9.17) is 9.15 Å². The van der Waals surface area contributed by atoms with E-state index in [0.717, 1.165) is 15.1 Å². The van der Waals surface area contributed by atoms with Crippen LogP contribution in [0.15, 0.2) is 47.1 Å². The van der Waals surface area contributed by atoms with Crippen molar-refractivity contribution in [2.75, 3.05) is 13.6 Å². The van der Waals surface area contributed by atoms with Crippen LogP contribution in [0.2, 0.25) is 0 Å². The number of rotatable bonds is 6. The number of fused-ring (bicyclic) bond motifs is 1. The maximum atomic E-state index is 11.1. The normalized spacial score (nSPS) is 14.1. The Morgan fingerprint density at radius 3 is 2.86 bits per heavy atom. The van der Waals surface area contributed by atoms with E-state index in [9.17, 15) is 5.11 Å². The van der Waals surface area contributed by atoms with Gasteiger partial charge in [0.05, 0.1) is 11.1 Å². The van der Waals surface area contributed by atoms with Crippen LogP contribution in [-0.4, -0.2) is 18.7 Å². The van der Waals surface area contributed by atoms with Crippen molar-refractivity contribution in [3.8, 4) is 5.75 Å². The van der Waals surface area contributed by atoms with Gasteiger partial charge in [-0.3, -0.25) is 0 Å². The number of aryl methyl sites for hydroxylation is 1. The van der Waals surface area contributed by atoms with Crippen LogP contribution < -0.4 is 10.1 Å². The summed E-state index contributed by atoms with van der Waals surface area (Å²) < 4.78 is 11.5. The zero-order valence-corrected chi connectivity index (χ0v) is 13.4. The zero-order chi connectivity index (χ0) is 15.6. The van der Waals surface area contributed by atoms with Crippen LogP contribution in [0.1, 0.15) is 16.2 Å². The zero-order valence-electron chi connectivity index (χ0n) is 12.6. The third-order valence-corrected chi connectivity index (χ3v) is 4.69. The fourth-order valence-electron chi connectivity index (χ4n) is 2.39. The number of para-hydroxylation sites is 1. The molecule has 0 aliphatic rings. The number of aliphatic hydroxyl groups is 1. The Kier molecular flexibility index (Phi) is 4.20. The van der Waals surface area contributed by atoms with Gasteiger partial charge in [-0.1, -0.05) is 12.1 Å². The lowest BCUT2D eigenvalue weighted by Gasteiger charge is -2.28. The summed E-state index contributed by atoms with van der Waals surface area (Å²) in [4.78, 5) is 1.93. The van der Waals surface area contributed by atoms with Crippen LogP contribution in [0.5, 0.6) is 5.75 Å². The Hall–Kier alpha value is -1.82. The number of benzene rings is 1. The molecule has 0 fully saturated rings. The molecule has 0 radical (unpaired) electrons. The molecule has 0 aliphatic heterocycles. The summed E-state index contributed by atoms with van der Waals surface area (Å²) in [5.41, 5.74) is 0.652. The first-order chi connectivity index (χ1) is 10.6. The number of nitrogens with one attached hydrogen (secondary N) is 1. The molecule has 0 saturated heterocycles. The summed E-state index contributed by atoms with van der Waals surface area (Å²) >= 11 is 1.54. The van der Waals surface area contributed by atoms with E-state index in [2.05, 4.69) is 5.32 Å². The smallest absolute Gasteiger partial charge is 0.245 e. The molecule has 2 heterocycles. The van der Waals surface area contributed by atoms with Crippen molar-refractivity contribution < 1.29 is 14.3 Å². The molecular weight excluding hydrogens is 298 g/mol. The van der Waals surface area contributed by atoms with E-state index in [1.807, 2.05) is 50.4 Å². The van der Waals surface area contributed by atoms with Crippen LogP contribution in [0.4, 0.5) is 0 Å². The molecule has 1 unspecified atom stereocenters. The Morgan fingerprint density at radius 2 is 2.14 bits per heavy atom. The fraction of sp³-hybridized carbons (Fsp3) is 0.294. The SMILES string of the molecule is CNCCC(O)(Oc1cccc2ccoc12)c1ccc(C)s1. The monoisotopic (exact) mass is 317 g/mol. The van der Waals surface area contributed by atoms with Crippen LogP contribution in [0.3, 0.4) is 0 Å². The third-order valence-electron chi connectivity index (χ3n) is 3.56. The van der Waals surface area contributed by atoms with Gasteiger partial charge < -0.3 is 19.6 Å². The lowest BCUT2D eigenvalue weighted by Crippen LogP contribution is -2.35. The lowest BCUT2D eigenvalue weighted by atomic mass is 10.1. The maximum Gasteiger partial charge on any atom is 0.245 e. The first kappa shape index (κ1) is 15.1. The molecule has 3 rings (SSSR count). The van der Waals surface area contributed by atoms with Crippen molar-refractivity contribution in [1.82, 2.24) is 5.32 Å². The van der Waals surface area contributed by atoms with Gasteiger partial charge in [0.2, 0.25) is 5.79 Å². The summed E-state index contributed by atoms with van der Waals surface area (Å²) in [5.74, 6) is -0.824. The van der Waals surface area contributed by atoms with Crippen molar-refractivity contribution in [3.05, 3.63) is 52.4 Å². The van der Waals surface area contributed by atoms with Crippen LogP contribution >= 0.6 is 11.3 Å². The standard InChI is InChI=1S/C17H19NO3S/c1-12-6-7-15(22-12)17(19,9-10-18-2)21-14-5-3-4-13-8-11-20-16(13)14/h3-8,11,18-19H,9-10H2,1-2H3. The van der Waals surface area contributed by atoms with Crippen molar-refractivity contribution in [3.63, 3.8) is 0 Å². The highest BCUT2D eigenvalue weighted by Gasteiger charge is 2.33. The van der Waals surface area contributed by atoms with Crippen molar-refractivity contribution in [1.29, 1.82) is 0 Å². The Bertz CT molecular complexity index is 764. The molecule has 0 saturated carbocycles. The third kappa shape index (κ3) is 2.88. The minimum absolute atomic E-state index is 0.445. The van der Waals surface area contributed by atoms with Gasteiger partial charge >= 0.3 is 0 Å². The quantitative estimate of drug-likeness (QED) is 0.682. The summed E-state index contributed by atoms with van der Waals surface area (Å²) in [5, 5.41) is 15.1. The second-order valence-electron chi connectivity index (χ2n) is 5.25. The second kappa shape index (κ2) is 6.12. The molecular formula is C17H19NO3S. The molecule has 3 aromatic rings. The van der Waals surface area contributed by atoms with E-state index < -0.39 is 5.79 Å². The van der Waals surface area contributed by atoms with Gasteiger partial charge in [0, 0.05) is 23.2 Å². The van der Waals surface area contributed by atoms with Gasteiger partial charge in [0.15, 0.2) is 11.3 Å². The van der Waals surface area contributed by atoms with E-state index in [-0.39, 0.29) is 0 Å². The first-order valence-electron chi connectivity index (χ1n) is 7.21. The van der Waals surface area contributed by atoms with Crippen molar-refractivity contribution >= 4 is 22.3 Å². The number of thiophene rings is 1. The summed E-state index contributed by atoms with van der Waals surface area (Å²) in [6.45, 7) is 2.65. The number of ether oxygens (including phenoxy) is 1. The minimum atomic E-state index is -1.37. The number of furan rings is 1. The summed E-state index contributed by atoms with van der Waals surface area (Å²) in [6, 6.07) is 11.4. The Balaban J connectivity index is 1.97. The average Bonchev–Trinajstić information content (AvgIpc) is 3.14. The molecule has 0 spiro atoms. The predicted molar refractivity (Wildman–Crippen MR) is 88.3 cm³/mol. The Morgan fingerprint density at radius 1 is 1.27 bits per heavy atom. The lowest BCUT2D eigenvalue weighted by molar-refractivity contribution is -0.147. The molecule has 116 valence electrons. The van der Waals surface area contributed by atoms with E-state index >= 15 is 0 Å². The van der Waals surface area contributed by atoms with E-state index in [1.54, 1.807) is 6.26 Å². The van der Waals surface area contributed by atoms with Gasteiger partial charge in [0.25, 0.3) is 0 Å². The molecule has 1 aromatic carbocycles. The van der Waals surface area contributed by atoms with Crippen molar-refractivity contribution in [2.24, 2.45) is 0 Å². The molecule has 1 atom stereocenters. The van der Waals surface area contributed by atoms with Gasteiger partial charge in [-0.05, 0) is 38.2 Å². The molecule has 5 heteroatoms. The second-order valence-corrected chi connectivity index (χ2v) is 6.53. The molecule has 0 amide bonds. The van der Waals surface area contributed by atoms with Crippen LogP contribution in [0, 0.1) is 6.92 Å². The van der Waals surface area contributed by atoms with Crippen LogP contribution in [0.25, 0.3) is 11.0 Å². The minimum Gasteiger partial charge on any atom is -0.460 e. The Labute approximate surface area is 133 Å². The average molecular weight is 317 g/mol. The van der Waals surface area contributed by atoms with Gasteiger partial charge in [0.1, 0.15) is 0 Å². The largest absolute Gasteiger partial charge is 0.460 e. The summed E-state index contributed by atoms with van der Waals surface area (Å²) in [6.07, 6.45) is 2.07. The van der Waals surface area contributed by atoms with Crippen molar-refractivity contribution in [2.45, 2.75) is 19.1 Å². The molecule has 0 bridgehead atoms. The highest BCUT2D eigenvalue weighted by molar-refractivity contribution is 7.12. The number of hydrogen-bond acceptors (Lipinski definition) is 5. The van der Waals surface area contributed by atoms with Gasteiger partial charge in [-0.15, -0.1) is 11.3 Å². The summed E-state index contributed by atoms with van der Waals surface area (Å²) in [7, 11) is 1.85. The van der Waals surface area contributed by atoms with E-state index in [0.29, 0.717) is 24.3 Å². The molecule has 4 nitrogen and oxygen atoms in total. The fourth-order valence-corrected chi connectivity index (χ4v) is 3.31. The molecule has 2 aromatic heterocycles. The predicted octanol–water partition coefficient (Wildman–Crippen LogP) is 3.64.